The Labute approximate surface area is 186 Å². The second-order valence-corrected chi connectivity index (χ2v) is 7.90. The summed E-state index contributed by atoms with van der Waals surface area (Å²) in [5.41, 5.74) is 2.88. The van der Waals surface area contributed by atoms with Crippen LogP contribution in [0, 0.1) is 0 Å². The highest BCUT2D eigenvalue weighted by molar-refractivity contribution is 5.90. The fraction of sp³-hybridized carbons (Fsp3) is 0.280. The van der Waals surface area contributed by atoms with Gasteiger partial charge >= 0.3 is 5.97 Å². The Bertz CT molecular complexity index is 1170. The lowest BCUT2D eigenvalue weighted by molar-refractivity contribution is -0.130. The molecule has 1 amide bonds. The summed E-state index contributed by atoms with van der Waals surface area (Å²) in [7, 11) is 0. The first-order valence-corrected chi connectivity index (χ1v) is 10.7. The van der Waals surface area contributed by atoms with Crippen LogP contribution in [-0.2, 0) is 22.5 Å². The van der Waals surface area contributed by atoms with Crippen molar-refractivity contribution in [1.82, 2.24) is 15.1 Å². The second-order valence-electron chi connectivity index (χ2n) is 7.90. The molecule has 7 heteroatoms. The van der Waals surface area contributed by atoms with Crippen LogP contribution >= 0.6 is 0 Å². The smallest absolute Gasteiger partial charge is 0.359 e. The summed E-state index contributed by atoms with van der Waals surface area (Å²) in [5.74, 6) is -1.11. The predicted molar refractivity (Wildman–Crippen MR) is 119 cm³/mol. The number of nitrogens with one attached hydrogen (secondary N) is 1. The van der Waals surface area contributed by atoms with E-state index in [0.29, 0.717) is 0 Å². The Kier molecular flexibility index (Phi) is 6.44. The highest BCUT2D eigenvalue weighted by Gasteiger charge is 2.26. The monoisotopic (exact) mass is 431 g/mol. The third kappa shape index (κ3) is 4.94. The van der Waals surface area contributed by atoms with E-state index in [1.165, 1.54) is 29.3 Å². The van der Waals surface area contributed by atoms with Gasteiger partial charge in [-0.1, -0.05) is 54.6 Å². The molecule has 2 aromatic carbocycles. The van der Waals surface area contributed by atoms with Gasteiger partial charge in [0.15, 0.2) is 11.8 Å². The molecule has 0 unspecified atom stereocenters. The van der Waals surface area contributed by atoms with Crippen molar-refractivity contribution in [2.75, 3.05) is 0 Å². The van der Waals surface area contributed by atoms with Gasteiger partial charge in [-0.3, -0.25) is 9.59 Å². The van der Waals surface area contributed by atoms with Crippen molar-refractivity contribution >= 4 is 11.9 Å². The number of rotatable bonds is 6. The average Bonchev–Trinajstić information content (AvgIpc) is 2.81. The number of aryl methyl sites for hydroxylation is 1. The van der Waals surface area contributed by atoms with Gasteiger partial charge < -0.3 is 10.1 Å². The number of esters is 1. The molecule has 0 fully saturated rings. The number of hydrogen-bond donors (Lipinski definition) is 1. The lowest BCUT2D eigenvalue weighted by Gasteiger charge is -2.27. The SMILES string of the molecule is C[C@H](OC(=O)c1ccc(=O)n(Cc2ccccc2)n1)C(=O)N[C@@H]1CCCc2ccccc21. The van der Waals surface area contributed by atoms with E-state index < -0.39 is 12.1 Å². The van der Waals surface area contributed by atoms with Crippen LogP contribution in [0.3, 0.4) is 0 Å². The minimum absolute atomic E-state index is 0.0248. The van der Waals surface area contributed by atoms with Gasteiger partial charge in [0, 0.05) is 6.07 Å². The zero-order valence-electron chi connectivity index (χ0n) is 17.9. The van der Waals surface area contributed by atoms with Gasteiger partial charge in [-0.2, -0.15) is 5.10 Å². The summed E-state index contributed by atoms with van der Waals surface area (Å²) in [6.07, 6.45) is 1.84. The number of hydrogen-bond acceptors (Lipinski definition) is 5. The number of amides is 1. The van der Waals surface area contributed by atoms with E-state index >= 15 is 0 Å². The average molecular weight is 431 g/mol. The van der Waals surface area contributed by atoms with Crippen LogP contribution in [-0.4, -0.2) is 27.8 Å². The van der Waals surface area contributed by atoms with E-state index in [1.807, 2.05) is 48.5 Å². The Hall–Kier alpha value is -3.74. The quantitative estimate of drug-likeness (QED) is 0.606. The molecule has 3 aromatic rings. The Morgan fingerprint density at radius 1 is 1.09 bits per heavy atom. The van der Waals surface area contributed by atoms with Crippen molar-refractivity contribution in [1.29, 1.82) is 0 Å². The molecule has 32 heavy (non-hydrogen) atoms. The van der Waals surface area contributed by atoms with Gasteiger partial charge in [-0.05, 0) is 48.9 Å². The van der Waals surface area contributed by atoms with Gasteiger partial charge in [-0.15, -0.1) is 0 Å². The van der Waals surface area contributed by atoms with Crippen molar-refractivity contribution < 1.29 is 14.3 Å². The lowest BCUT2D eigenvalue weighted by Crippen LogP contribution is -2.39. The maximum Gasteiger partial charge on any atom is 0.359 e. The molecule has 0 saturated carbocycles. The molecule has 2 atom stereocenters. The number of benzene rings is 2. The Morgan fingerprint density at radius 3 is 2.66 bits per heavy atom. The Balaban J connectivity index is 1.41. The molecule has 0 radical (unpaired) electrons. The summed E-state index contributed by atoms with van der Waals surface area (Å²) in [6.45, 7) is 1.76. The largest absolute Gasteiger partial charge is 0.448 e. The first-order valence-electron chi connectivity index (χ1n) is 10.7. The van der Waals surface area contributed by atoms with E-state index in [2.05, 4.69) is 16.5 Å². The summed E-state index contributed by atoms with van der Waals surface area (Å²) in [5, 5.41) is 7.12. The number of carbonyl (C=O) groups excluding carboxylic acids is 2. The number of carbonyl (C=O) groups is 2. The van der Waals surface area contributed by atoms with Crippen LogP contribution in [0.25, 0.3) is 0 Å². The molecule has 1 N–H and O–H groups in total. The molecule has 1 heterocycles. The molecular formula is C25H25N3O4. The first-order chi connectivity index (χ1) is 15.5. The zero-order valence-corrected chi connectivity index (χ0v) is 17.9. The van der Waals surface area contributed by atoms with Gasteiger partial charge in [0.25, 0.3) is 11.5 Å². The van der Waals surface area contributed by atoms with Crippen LogP contribution in [0.15, 0.2) is 71.5 Å². The molecule has 7 nitrogen and oxygen atoms in total. The number of aromatic nitrogens is 2. The molecule has 0 bridgehead atoms. The van der Waals surface area contributed by atoms with Crippen LogP contribution in [0.2, 0.25) is 0 Å². The second kappa shape index (κ2) is 9.60. The highest BCUT2D eigenvalue weighted by Crippen LogP contribution is 2.29. The van der Waals surface area contributed by atoms with Crippen molar-refractivity contribution in [2.45, 2.75) is 44.9 Å². The molecule has 1 aliphatic carbocycles. The zero-order chi connectivity index (χ0) is 22.5. The van der Waals surface area contributed by atoms with Crippen molar-refractivity contribution in [3.05, 3.63) is 99.5 Å². The number of fused-ring (bicyclic) bond motifs is 1. The lowest BCUT2D eigenvalue weighted by atomic mass is 9.87. The minimum Gasteiger partial charge on any atom is -0.448 e. The van der Waals surface area contributed by atoms with Gasteiger partial charge in [-0.25, -0.2) is 9.48 Å². The topological polar surface area (TPSA) is 90.3 Å². The predicted octanol–water partition coefficient (Wildman–Crippen LogP) is 3.03. The van der Waals surface area contributed by atoms with Crippen LogP contribution in [0.1, 0.15) is 53.0 Å². The van der Waals surface area contributed by atoms with E-state index in [9.17, 15) is 14.4 Å². The summed E-state index contributed by atoms with van der Waals surface area (Å²) >= 11 is 0. The van der Waals surface area contributed by atoms with Gasteiger partial charge in [0.1, 0.15) is 0 Å². The highest BCUT2D eigenvalue weighted by atomic mass is 16.5. The standard InChI is InChI=1S/C25H25N3O4/c1-17(24(30)26-21-13-7-11-19-10-5-6-12-20(19)21)32-25(31)22-14-15-23(29)28(27-22)16-18-8-3-2-4-9-18/h2-6,8-10,12,14-15,17,21H,7,11,13,16H2,1H3,(H,26,30)/t17-,21+/m0/s1. The van der Waals surface area contributed by atoms with E-state index in [4.69, 9.17) is 4.74 Å². The number of ether oxygens (including phenoxy) is 1. The van der Waals surface area contributed by atoms with Crippen LogP contribution < -0.4 is 10.9 Å². The van der Waals surface area contributed by atoms with Gasteiger partial charge in [0.05, 0.1) is 12.6 Å². The fourth-order valence-corrected chi connectivity index (χ4v) is 3.89. The molecule has 164 valence electrons. The van der Waals surface area contributed by atoms with E-state index in [1.54, 1.807) is 0 Å². The Morgan fingerprint density at radius 2 is 1.84 bits per heavy atom. The maximum atomic E-state index is 12.7. The van der Waals surface area contributed by atoms with Crippen molar-refractivity contribution in [3.8, 4) is 0 Å². The molecular weight excluding hydrogens is 406 g/mol. The van der Waals surface area contributed by atoms with Crippen molar-refractivity contribution in [3.63, 3.8) is 0 Å². The maximum absolute atomic E-state index is 12.7. The molecule has 0 aliphatic heterocycles. The van der Waals surface area contributed by atoms with Crippen molar-refractivity contribution in [2.24, 2.45) is 0 Å². The summed E-state index contributed by atoms with van der Waals surface area (Å²) in [6, 6.07) is 19.9. The van der Waals surface area contributed by atoms with Crippen LogP contribution in [0.5, 0.6) is 0 Å². The molecule has 0 spiro atoms. The molecule has 0 saturated heterocycles. The summed E-state index contributed by atoms with van der Waals surface area (Å²) < 4.78 is 6.55. The summed E-state index contributed by atoms with van der Waals surface area (Å²) in [4.78, 5) is 37.4. The van der Waals surface area contributed by atoms with E-state index in [0.717, 1.165) is 30.4 Å². The molecule has 1 aromatic heterocycles. The normalized spacial score (nSPS) is 16.0. The molecule has 1 aliphatic rings. The number of nitrogens with zero attached hydrogens (tertiary/aromatic N) is 2. The van der Waals surface area contributed by atoms with E-state index in [-0.39, 0.29) is 29.7 Å². The third-order valence-electron chi connectivity index (χ3n) is 5.59. The van der Waals surface area contributed by atoms with Gasteiger partial charge in [0.2, 0.25) is 0 Å². The minimum atomic E-state index is -0.993. The first kappa shape index (κ1) is 21.5. The fourth-order valence-electron chi connectivity index (χ4n) is 3.89. The third-order valence-corrected chi connectivity index (χ3v) is 5.59. The van der Waals surface area contributed by atoms with Crippen LogP contribution in [0.4, 0.5) is 0 Å². The molecule has 4 rings (SSSR count).